The fourth-order valence-electron chi connectivity index (χ4n) is 2.35. The lowest BCUT2D eigenvalue weighted by molar-refractivity contribution is -0.146. The van der Waals surface area contributed by atoms with Crippen LogP contribution in [-0.4, -0.2) is 31.9 Å². The number of halogens is 1. The molecular weight excluding hydrogens is 315 g/mol. The van der Waals surface area contributed by atoms with Gasteiger partial charge in [0.2, 0.25) is 0 Å². The van der Waals surface area contributed by atoms with Crippen molar-refractivity contribution in [2.75, 3.05) is 6.61 Å². The molecule has 1 aromatic carbocycles. The Morgan fingerprint density at radius 2 is 2.04 bits per heavy atom. The van der Waals surface area contributed by atoms with Gasteiger partial charge in [0, 0.05) is 0 Å². The Bertz CT molecular complexity index is 946. The second kappa shape index (κ2) is 6.23. The van der Waals surface area contributed by atoms with E-state index >= 15 is 0 Å². The van der Waals surface area contributed by atoms with Crippen LogP contribution in [0.3, 0.4) is 0 Å². The van der Waals surface area contributed by atoms with Crippen LogP contribution in [0.1, 0.15) is 19.9 Å². The predicted molar refractivity (Wildman–Crippen MR) is 84.4 cm³/mol. The van der Waals surface area contributed by atoms with Gasteiger partial charge in [0.15, 0.2) is 5.65 Å². The quantitative estimate of drug-likeness (QED) is 0.682. The SMILES string of the molecule is CCOC(=O)[C@@H](C)n1cnc2c(cnn2-c2ccc(F)cc2)c1=O. The standard InChI is InChI=1S/C16H15FN4O3/c1-3-24-16(23)10(2)20-9-18-14-13(15(20)22)8-19-21(14)12-6-4-11(17)5-7-12/h4-10H,3H2,1-2H3/t10-/m1/s1. The fraction of sp³-hybridized carbons (Fsp3) is 0.250. The molecule has 2 heterocycles. The van der Waals surface area contributed by atoms with Crippen molar-refractivity contribution in [2.24, 2.45) is 0 Å². The van der Waals surface area contributed by atoms with Crippen LogP contribution >= 0.6 is 0 Å². The van der Waals surface area contributed by atoms with E-state index in [0.717, 1.165) is 0 Å². The van der Waals surface area contributed by atoms with E-state index in [4.69, 9.17) is 4.74 Å². The minimum Gasteiger partial charge on any atom is -0.464 e. The van der Waals surface area contributed by atoms with Crippen LogP contribution in [0.5, 0.6) is 0 Å². The van der Waals surface area contributed by atoms with Gasteiger partial charge in [-0.1, -0.05) is 0 Å². The average molecular weight is 330 g/mol. The molecule has 7 nitrogen and oxygen atoms in total. The summed E-state index contributed by atoms with van der Waals surface area (Å²) in [5.74, 6) is -0.875. The fourth-order valence-corrected chi connectivity index (χ4v) is 2.35. The Kier molecular flexibility index (Phi) is 4.11. The van der Waals surface area contributed by atoms with Crippen molar-refractivity contribution in [2.45, 2.75) is 19.9 Å². The Labute approximate surface area is 136 Å². The highest BCUT2D eigenvalue weighted by Crippen LogP contribution is 2.15. The third kappa shape index (κ3) is 2.66. The van der Waals surface area contributed by atoms with Gasteiger partial charge >= 0.3 is 5.97 Å². The van der Waals surface area contributed by atoms with Crippen LogP contribution in [0.25, 0.3) is 16.7 Å². The highest BCUT2D eigenvalue weighted by molar-refractivity contribution is 5.77. The number of carbonyl (C=O) groups is 1. The molecule has 2 aromatic heterocycles. The molecule has 0 bridgehead atoms. The molecule has 0 aliphatic carbocycles. The van der Waals surface area contributed by atoms with Gasteiger partial charge in [0.1, 0.15) is 23.6 Å². The van der Waals surface area contributed by atoms with Crippen molar-refractivity contribution in [1.29, 1.82) is 0 Å². The van der Waals surface area contributed by atoms with Gasteiger partial charge in [0.05, 0.1) is 18.5 Å². The van der Waals surface area contributed by atoms with Crippen LogP contribution in [0.15, 0.2) is 41.6 Å². The van der Waals surface area contributed by atoms with Gasteiger partial charge in [-0.3, -0.25) is 9.36 Å². The molecule has 24 heavy (non-hydrogen) atoms. The first-order valence-corrected chi connectivity index (χ1v) is 7.40. The number of benzene rings is 1. The number of fused-ring (bicyclic) bond motifs is 1. The maximum atomic E-state index is 13.0. The Morgan fingerprint density at radius 1 is 1.33 bits per heavy atom. The summed E-state index contributed by atoms with van der Waals surface area (Å²) in [6.45, 7) is 3.50. The van der Waals surface area contributed by atoms with E-state index in [1.165, 1.54) is 46.0 Å². The van der Waals surface area contributed by atoms with E-state index in [0.29, 0.717) is 11.3 Å². The van der Waals surface area contributed by atoms with Crippen LogP contribution in [0, 0.1) is 5.82 Å². The first kappa shape index (κ1) is 15.9. The van der Waals surface area contributed by atoms with E-state index in [-0.39, 0.29) is 17.8 Å². The highest BCUT2D eigenvalue weighted by atomic mass is 19.1. The molecule has 0 fully saturated rings. The number of rotatable bonds is 4. The van der Waals surface area contributed by atoms with Gasteiger partial charge in [-0.15, -0.1) is 0 Å². The minimum atomic E-state index is -0.788. The van der Waals surface area contributed by atoms with Crippen LogP contribution in [-0.2, 0) is 9.53 Å². The number of ether oxygens (including phenoxy) is 1. The molecule has 0 N–H and O–H groups in total. The first-order chi connectivity index (χ1) is 11.5. The molecule has 0 aliphatic rings. The number of carbonyl (C=O) groups excluding carboxylic acids is 1. The van der Waals surface area contributed by atoms with Crippen molar-refractivity contribution >= 4 is 17.0 Å². The third-order valence-electron chi connectivity index (χ3n) is 3.63. The molecular formula is C16H15FN4O3. The summed E-state index contributed by atoms with van der Waals surface area (Å²) in [4.78, 5) is 28.6. The summed E-state index contributed by atoms with van der Waals surface area (Å²) in [7, 11) is 0. The second-order valence-corrected chi connectivity index (χ2v) is 5.16. The van der Waals surface area contributed by atoms with E-state index in [2.05, 4.69) is 10.1 Å². The molecule has 0 saturated heterocycles. The molecule has 3 rings (SSSR count). The number of esters is 1. The molecule has 0 radical (unpaired) electrons. The molecule has 0 spiro atoms. The number of aromatic nitrogens is 4. The average Bonchev–Trinajstić information content (AvgIpc) is 3.00. The maximum Gasteiger partial charge on any atom is 0.328 e. The minimum absolute atomic E-state index is 0.232. The lowest BCUT2D eigenvalue weighted by Gasteiger charge is -2.13. The topological polar surface area (TPSA) is 79.0 Å². The lowest BCUT2D eigenvalue weighted by Crippen LogP contribution is -2.29. The van der Waals surface area contributed by atoms with Gasteiger partial charge in [-0.05, 0) is 38.1 Å². The maximum absolute atomic E-state index is 13.0. The number of hydrogen-bond donors (Lipinski definition) is 0. The van der Waals surface area contributed by atoms with Gasteiger partial charge < -0.3 is 4.74 Å². The summed E-state index contributed by atoms with van der Waals surface area (Å²) in [6, 6.07) is 4.88. The van der Waals surface area contributed by atoms with Crippen molar-refractivity contribution in [3.8, 4) is 5.69 Å². The summed E-state index contributed by atoms with van der Waals surface area (Å²) in [6.07, 6.45) is 2.66. The second-order valence-electron chi connectivity index (χ2n) is 5.16. The Morgan fingerprint density at radius 3 is 2.71 bits per heavy atom. The monoisotopic (exact) mass is 330 g/mol. The van der Waals surface area contributed by atoms with Crippen LogP contribution in [0.2, 0.25) is 0 Å². The summed E-state index contributed by atoms with van der Waals surface area (Å²) in [5.41, 5.74) is 0.516. The lowest BCUT2D eigenvalue weighted by atomic mass is 10.3. The Hall–Kier alpha value is -3.03. The van der Waals surface area contributed by atoms with Crippen molar-refractivity contribution in [3.63, 3.8) is 0 Å². The van der Waals surface area contributed by atoms with Gasteiger partial charge in [-0.2, -0.15) is 5.10 Å². The zero-order chi connectivity index (χ0) is 17.3. The zero-order valence-corrected chi connectivity index (χ0v) is 13.1. The van der Waals surface area contributed by atoms with Crippen LogP contribution in [0.4, 0.5) is 4.39 Å². The first-order valence-electron chi connectivity index (χ1n) is 7.40. The highest BCUT2D eigenvalue weighted by Gasteiger charge is 2.20. The molecule has 0 amide bonds. The molecule has 0 saturated carbocycles. The van der Waals surface area contributed by atoms with Crippen molar-refractivity contribution in [1.82, 2.24) is 19.3 Å². The van der Waals surface area contributed by atoms with Gasteiger partial charge in [0.25, 0.3) is 5.56 Å². The largest absolute Gasteiger partial charge is 0.464 e. The molecule has 124 valence electrons. The van der Waals surface area contributed by atoms with E-state index < -0.39 is 17.6 Å². The normalized spacial score (nSPS) is 12.3. The Balaban J connectivity index is 2.07. The third-order valence-corrected chi connectivity index (χ3v) is 3.63. The molecule has 3 aromatic rings. The smallest absolute Gasteiger partial charge is 0.328 e. The van der Waals surface area contributed by atoms with Crippen molar-refractivity contribution in [3.05, 3.63) is 53.0 Å². The summed E-state index contributed by atoms with van der Waals surface area (Å²) >= 11 is 0. The van der Waals surface area contributed by atoms with E-state index in [9.17, 15) is 14.0 Å². The molecule has 1 atom stereocenters. The zero-order valence-electron chi connectivity index (χ0n) is 13.1. The number of nitrogens with zero attached hydrogens (tertiary/aromatic N) is 4. The molecule has 0 aliphatic heterocycles. The molecule has 8 heteroatoms. The van der Waals surface area contributed by atoms with E-state index in [1.54, 1.807) is 13.8 Å². The van der Waals surface area contributed by atoms with E-state index in [1.807, 2.05) is 0 Å². The summed E-state index contributed by atoms with van der Waals surface area (Å²) in [5, 5.41) is 4.40. The van der Waals surface area contributed by atoms with Gasteiger partial charge in [-0.25, -0.2) is 18.9 Å². The number of hydrogen-bond acceptors (Lipinski definition) is 5. The predicted octanol–water partition coefficient (Wildman–Crippen LogP) is 1.85. The van der Waals surface area contributed by atoms with Crippen molar-refractivity contribution < 1.29 is 13.9 Å². The summed E-state index contributed by atoms with van der Waals surface area (Å²) < 4.78 is 20.6. The van der Waals surface area contributed by atoms with Crippen LogP contribution < -0.4 is 5.56 Å². The molecule has 0 unspecified atom stereocenters.